The maximum Gasteiger partial charge on any atom is 0.121 e. The van der Waals surface area contributed by atoms with Gasteiger partial charge in [0.05, 0.1) is 29.9 Å². The van der Waals surface area contributed by atoms with Crippen molar-refractivity contribution in [1.29, 1.82) is 0 Å². The molecule has 0 aliphatic carbocycles. The summed E-state index contributed by atoms with van der Waals surface area (Å²) in [6, 6.07) is 7.57. The Balaban J connectivity index is 2.52. The van der Waals surface area contributed by atoms with Crippen LogP contribution in [0.15, 0.2) is 24.3 Å². The predicted octanol–water partition coefficient (Wildman–Crippen LogP) is 1.31. The molecule has 0 saturated carbocycles. The molecule has 0 saturated heterocycles. The lowest BCUT2D eigenvalue weighted by Crippen LogP contribution is -2.06. The number of hydrogen-bond donors (Lipinski definition) is 2. The van der Waals surface area contributed by atoms with Crippen molar-refractivity contribution in [1.82, 2.24) is 9.78 Å². The van der Waals surface area contributed by atoms with E-state index in [1.807, 2.05) is 31.2 Å². The molecule has 1 aromatic carbocycles. The Bertz CT molecular complexity index is 549. The van der Waals surface area contributed by atoms with Gasteiger partial charge in [0.1, 0.15) is 5.75 Å². The Kier molecular flexibility index (Phi) is 3.53. The van der Waals surface area contributed by atoms with Gasteiger partial charge >= 0.3 is 0 Å². The first-order chi connectivity index (χ1) is 8.67. The maximum absolute atomic E-state index is 9.10. The van der Waals surface area contributed by atoms with Gasteiger partial charge < -0.3 is 15.6 Å². The summed E-state index contributed by atoms with van der Waals surface area (Å²) in [5.74, 6) is 0.758. The Morgan fingerprint density at radius 1 is 1.44 bits per heavy atom. The van der Waals surface area contributed by atoms with E-state index in [-0.39, 0.29) is 6.61 Å². The molecule has 0 aliphatic rings. The van der Waals surface area contributed by atoms with Crippen LogP contribution in [-0.4, -0.2) is 28.6 Å². The maximum atomic E-state index is 9.10. The fourth-order valence-electron chi connectivity index (χ4n) is 1.89. The molecular weight excluding hydrogens is 230 g/mol. The molecule has 1 heterocycles. The van der Waals surface area contributed by atoms with Crippen molar-refractivity contribution in [2.45, 2.75) is 13.3 Å². The molecular formula is C13H17N3O2. The van der Waals surface area contributed by atoms with E-state index >= 15 is 0 Å². The average molecular weight is 247 g/mol. The normalized spacial score (nSPS) is 10.6. The smallest absolute Gasteiger partial charge is 0.121 e. The Hall–Kier alpha value is -2.01. The highest BCUT2D eigenvalue weighted by Gasteiger charge is 2.13. The van der Waals surface area contributed by atoms with E-state index in [1.54, 1.807) is 11.8 Å². The van der Waals surface area contributed by atoms with Crippen molar-refractivity contribution in [2.24, 2.45) is 0 Å². The Morgan fingerprint density at radius 2 is 2.22 bits per heavy atom. The number of aliphatic hydroxyl groups excluding tert-OH is 1. The van der Waals surface area contributed by atoms with Gasteiger partial charge in [0.2, 0.25) is 0 Å². The number of ether oxygens (including phenoxy) is 1. The highest BCUT2D eigenvalue weighted by atomic mass is 16.5. The zero-order valence-corrected chi connectivity index (χ0v) is 10.6. The van der Waals surface area contributed by atoms with E-state index in [0.29, 0.717) is 12.1 Å². The van der Waals surface area contributed by atoms with E-state index in [0.717, 1.165) is 22.8 Å². The molecule has 2 aromatic rings. The van der Waals surface area contributed by atoms with Gasteiger partial charge in [-0.3, -0.25) is 0 Å². The number of nitrogens with two attached hydrogens (primary N) is 1. The second-order valence-corrected chi connectivity index (χ2v) is 4.03. The second kappa shape index (κ2) is 5.10. The molecule has 0 bridgehead atoms. The Morgan fingerprint density at radius 3 is 2.89 bits per heavy atom. The van der Waals surface area contributed by atoms with Gasteiger partial charge in [-0.25, -0.2) is 4.68 Å². The van der Waals surface area contributed by atoms with Gasteiger partial charge in [0.15, 0.2) is 0 Å². The lowest BCUT2D eigenvalue weighted by atomic mass is 10.2. The highest BCUT2D eigenvalue weighted by Crippen LogP contribution is 2.23. The van der Waals surface area contributed by atoms with E-state index in [2.05, 4.69) is 5.10 Å². The van der Waals surface area contributed by atoms with Gasteiger partial charge in [-0.1, -0.05) is 6.07 Å². The van der Waals surface area contributed by atoms with Crippen LogP contribution in [0.3, 0.4) is 0 Å². The topological polar surface area (TPSA) is 73.3 Å². The molecule has 2 rings (SSSR count). The van der Waals surface area contributed by atoms with Crippen molar-refractivity contribution in [3.63, 3.8) is 0 Å². The summed E-state index contributed by atoms with van der Waals surface area (Å²) in [6.07, 6.45) is 0.476. The molecule has 0 unspecified atom stereocenters. The number of benzene rings is 1. The summed E-state index contributed by atoms with van der Waals surface area (Å²) in [7, 11) is 1.62. The fourth-order valence-corrected chi connectivity index (χ4v) is 1.89. The number of aryl methyl sites for hydroxylation is 1. The molecule has 0 atom stereocenters. The van der Waals surface area contributed by atoms with Crippen molar-refractivity contribution in [3.8, 4) is 11.4 Å². The second-order valence-electron chi connectivity index (χ2n) is 4.03. The predicted molar refractivity (Wildman–Crippen MR) is 70.1 cm³/mol. The number of hydrogen-bond acceptors (Lipinski definition) is 4. The summed E-state index contributed by atoms with van der Waals surface area (Å²) < 4.78 is 6.94. The summed E-state index contributed by atoms with van der Waals surface area (Å²) >= 11 is 0. The van der Waals surface area contributed by atoms with Crippen molar-refractivity contribution in [3.05, 3.63) is 35.7 Å². The van der Waals surface area contributed by atoms with Crippen LogP contribution in [0.5, 0.6) is 5.75 Å². The van der Waals surface area contributed by atoms with Crippen LogP contribution in [0.4, 0.5) is 5.69 Å². The van der Waals surface area contributed by atoms with E-state index in [4.69, 9.17) is 15.6 Å². The third-order valence-electron chi connectivity index (χ3n) is 2.85. The highest BCUT2D eigenvalue weighted by molar-refractivity contribution is 5.52. The van der Waals surface area contributed by atoms with Crippen molar-refractivity contribution in [2.75, 3.05) is 19.5 Å². The number of nitrogens with zero attached hydrogens (tertiary/aromatic N) is 2. The fraction of sp³-hybridized carbons (Fsp3) is 0.308. The third-order valence-corrected chi connectivity index (χ3v) is 2.85. The molecule has 0 fully saturated rings. The quantitative estimate of drug-likeness (QED) is 0.854. The summed E-state index contributed by atoms with van der Waals surface area (Å²) in [6.45, 7) is 1.90. The minimum Gasteiger partial charge on any atom is -0.497 e. The zero-order chi connectivity index (χ0) is 13.1. The van der Waals surface area contributed by atoms with Gasteiger partial charge in [0, 0.05) is 19.1 Å². The molecule has 5 nitrogen and oxygen atoms in total. The number of methoxy groups -OCH3 is 1. The Labute approximate surface area is 106 Å². The van der Waals surface area contributed by atoms with Gasteiger partial charge in [0.25, 0.3) is 0 Å². The molecule has 96 valence electrons. The molecule has 5 heteroatoms. The zero-order valence-electron chi connectivity index (χ0n) is 10.6. The van der Waals surface area contributed by atoms with Crippen LogP contribution in [0.2, 0.25) is 0 Å². The van der Waals surface area contributed by atoms with Crippen molar-refractivity contribution < 1.29 is 9.84 Å². The SMILES string of the molecule is COc1cccc(-n2nc(C)c(N)c2CCO)c1. The van der Waals surface area contributed by atoms with Crippen LogP contribution in [0, 0.1) is 6.92 Å². The molecule has 18 heavy (non-hydrogen) atoms. The first-order valence-corrected chi connectivity index (χ1v) is 5.76. The van der Waals surface area contributed by atoms with Crippen LogP contribution in [0.25, 0.3) is 5.69 Å². The molecule has 0 radical (unpaired) electrons. The minimum atomic E-state index is 0.0410. The first-order valence-electron chi connectivity index (χ1n) is 5.76. The summed E-state index contributed by atoms with van der Waals surface area (Å²) in [5.41, 5.74) is 9.06. The number of aromatic nitrogens is 2. The number of rotatable bonds is 4. The van der Waals surface area contributed by atoms with Gasteiger partial charge in [-0.05, 0) is 19.1 Å². The molecule has 1 aromatic heterocycles. The van der Waals surface area contributed by atoms with Crippen LogP contribution >= 0.6 is 0 Å². The standard InChI is InChI=1S/C13H17N3O2/c1-9-13(14)12(6-7-17)16(15-9)10-4-3-5-11(8-10)18-2/h3-5,8,17H,6-7,14H2,1-2H3. The third kappa shape index (κ3) is 2.17. The van der Waals surface area contributed by atoms with Gasteiger partial charge in [-0.2, -0.15) is 5.10 Å². The molecule has 3 N–H and O–H groups in total. The van der Waals surface area contributed by atoms with Crippen LogP contribution < -0.4 is 10.5 Å². The minimum absolute atomic E-state index is 0.0410. The monoisotopic (exact) mass is 247 g/mol. The van der Waals surface area contributed by atoms with Crippen molar-refractivity contribution >= 4 is 5.69 Å². The van der Waals surface area contributed by atoms with E-state index < -0.39 is 0 Å². The first kappa shape index (κ1) is 12.4. The van der Waals surface area contributed by atoms with Crippen LogP contribution in [0.1, 0.15) is 11.4 Å². The number of nitrogen functional groups attached to an aromatic ring is 1. The molecule has 0 amide bonds. The summed E-state index contributed by atoms with van der Waals surface area (Å²) in [5, 5.41) is 13.5. The van der Waals surface area contributed by atoms with E-state index in [1.165, 1.54) is 0 Å². The number of aliphatic hydroxyl groups is 1. The lowest BCUT2D eigenvalue weighted by molar-refractivity contribution is 0.297. The summed E-state index contributed by atoms with van der Waals surface area (Å²) in [4.78, 5) is 0. The lowest BCUT2D eigenvalue weighted by Gasteiger charge is -2.08. The largest absolute Gasteiger partial charge is 0.497 e. The van der Waals surface area contributed by atoms with Crippen LogP contribution in [-0.2, 0) is 6.42 Å². The van der Waals surface area contributed by atoms with Gasteiger partial charge in [-0.15, -0.1) is 0 Å². The molecule has 0 aliphatic heterocycles. The average Bonchev–Trinajstić information content (AvgIpc) is 2.68. The van der Waals surface area contributed by atoms with E-state index in [9.17, 15) is 0 Å². The number of anilines is 1. The molecule has 0 spiro atoms.